The van der Waals surface area contributed by atoms with Crippen LogP contribution in [-0.4, -0.2) is 43.5 Å². The highest BCUT2D eigenvalue weighted by Crippen LogP contribution is 2.23. The van der Waals surface area contributed by atoms with E-state index in [1.165, 1.54) is 22.1 Å². The number of hydrogen-bond acceptors (Lipinski definition) is 5. The van der Waals surface area contributed by atoms with Crippen LogP contribution in [0.3, 0.4) is 0 Å². The van der Waals surface area contributed by atoms with E-state index in [4.69, 9.17) is 0 Å². The SMILES string of the molecule is Cc1ccsc1C(=O)N1CCC(Cn2nc(-n3cccn3)ccc2=O)CC1. The second-order valence-electron chi connectivity index (χ2n) is 6.83. The molecule has 0 N–H and O–H groups in total. The third kappa shape index (κ3) is 3.71. The largest absolute Gasteiger partial charge is 0.338 e. The van der Waals surface area contributed by atoms with Crippen LogP contribution in [0, 0.1) is 12.8 Å². The predicted octanol–water partition coefficient (Wildman–Crippen LogP) is 2.35. The average molecular weight is 383 g/mol. The average Bonchev–Trinajstić information content (AvgIpc) is 3.35. The van der Waals surface area contributed by atoms with Crippen molar-refractivity contribution in [1.82, 2.24) is 24.5 Å². The van der Waals surface area contributed by atoms with Crippen LogP contribution in [0.5, 0.6) is 0 Å². The van der Waals surface area contributed by atoms with Gasteiger partial charge in [-0.3, -0.25) is 9.59 Å². The van der Waals surface area contributed by atoms with Crippen LogP contribution in [-0.2, 0) is 6.54 Å². The molecule has 0 atom stereocenters. The van der Waals surface area contributed by atoms with E-state index in [2.05, 4.69) is 10.2 Å². The number of nitrogens with zero attached hydrogens (tertiary/aromatic N) is 5. The Morgan fingerprint density at radius 3 is 2.74 bits per heavy atom. The van der Waals surface area contributed by atoms with Crippen molar-refractivity contribution in [3.63, 3.8) is 0 Å². The molecule has 1 saturated heterocycles. The van der Waals surface area contributed by atoms with Crippen LogP contribution in [0.25, 0.3) is 5.82 Å². The zero-order valence-corrected chi connectivity index (χ0v) is 15.9. The topological polar surface area (TPSA) is 73.0 Å². The molecule has 0 radical (unpaired) electrons. The maximum Gasteiger partial charge on any atom is 0.266 e. The van der Waals surface area contributed by atoms with E-state index < -0.39 is 0 Å². The highest BCUT2D eigenvalue weighted by atomic mass is 32.1. The van der Waals surface area contributed by atoms with Crippen LogP contribution in [0.15, 0.2) is 46.8 Å². The summed E-state index contributed by atoms with van der Waals surface area (Å²) in [7, 11) is 0. The number of aryl methyl sites for hydroxylation is 1. The molecule has 140 valence electrons. The molecule has 0 aromatic carbocycles. The molecule has 0 bridgehead atoms. The first-order chi connectivity index (χ1) is 13.1. The zero-order valence-electron chi connectivity index (χ0n) is 15.1. The molecule has 0 saturated carbocycles. The van der Waals surface area contributed by atoms with Gasteiger partial charge in [-0.2, -0.15) is 5.10 Å². The van der Waals surface area contributed by atoms with E-state index in [1.807, 2.05) is 29.3 Å². The van der Waals surface area contributed by atoms with Gasteiger partial charge in [-0.15, -0.1) is 16.4 Å². The molecule has 0 unspecified atom stereocenters. The molecule has 1 aliphatic rings. The monoisotopic (exact) mass is 383 g/mol. The summed E-state index contributed by atoms with van der Waals surface area (Å²) < 4.78 is 3.16. The van der Waals surface area contributed by atoms with Crippen molar-refractivity contribution in [2.75, 3.05) is 13.1 Å². The zero-order chi connectivity index (χ0) is 18.8. The van der Waals surface area contributed by atoms with E-state index in [-0.39, 0.29) is 11.5 Å². The number of likely N-dealkylation sites (tertiary alicyclic amines) is 1. The van der Waals surface area contributed by atoms with Crippen molar-refractivity contribution in [3.05, 3.63) is 62.8 Å². The molecule has 8 heteroatoms. The highest BCUT2D eigenvalue weighted by molar-refractivity contribution is 7.12. The number of piperidine rings is 1. The molecule has 1 fully saturated rings. The second-order valence-corrected chi connectivity index (χ2v) is 7.75. The molecule has 4 rings (SSSR count). The Morgan fingerprint density at radius 1 is 1.26 bits per heavy atom. The summed E-state index contributed by atoms with van der Waals surface area (Å²) >= 11 is 1.50. The molecular formula is C19H21N5O2S. The number of rotatable bonds is 4. The minimum Gasteiger partial charge on any atom is -0.338 e. The number of thiophene rings is 1. The minimum absolute atomic E-state index is 0.112. The van der Waals surface area contributed by atoms with Crippen molar-refractivity contribution < 1.29 is 4.79 Å². The van der Waals surface area contributed by atoms with Gasteiger partial charge < -0.3 is 4.90 Å². The Balaban J connectivity index is 1.41. The standard InChI is InChI=1S/C19H21N5O2S/c1-14-7-12-27-18(14)19(26)22-10-5-15(6-11-22)13-24-17(25)4-3-16(21-24)23-9-2-8-20-23/h2-4,7-9,12,15H,5-6,10-11,13H2,1H3. The van der Waals surface area contributed by atoms with E-state index in [0.29, 0.717) is 31.4 Å². The maximum atomic E-state index is 12.6. The van der Waals surface area contributed by atoms with E-state index in [1.54, 1.807) is 23.1 Å². The fraction of sp³-hybridized carbons (Fsp3) is 0.368. The molecule has 0 spiro atoms. The van der Waals surface area contributed by atoms with Crippen LogP contribution in [0.2, 0.25) is 0 Å². The van der Waals surface area contributed by atoms with Gasteiger partial charge in [-0.25, -0.2) is 9.36 Å². The smallest absolute Gasteiger partial charge is 0.266 e. The Labute approximate surface area is 160 Å². The number of carbonyl (C=O) groups is 1. The summed E-state index contributed by atoms with van der Waals surface area (Å²) in [6, 6.07) is 7.01. The normalized spacial score (nSPS) is 15.2. The Bertz CT molecular complexity index is 984. The van der Waals surface area contributed by atoms with Crippen LogP contribution in [0.1, 0.15) is 28.1 Å². The molecule has 7 nitrogen and oxygen atoms in total. The summed E-state index contributed by atoms with van der Waals surface area (Å²) in [5.41, 5.74) is 0.928. The van der Waals surface area contributed by atoms with Crippen LogP contribution < -0.4 is 5.56 Å². The lowest BCUT2D eigenvalue weighted by Crippen LogP contribution is -2.40. The lowest BCUT2D eigenvalue weighted by molar-refractivity contribution is 0.0684. The molecule has 3 aromatic heterocycles. The van der Waals surface area contributed by atoms with Crippen LogP contribution in [0.4, 0.5) is 0 Å². The summed E-state index contributed by atoms with van der Waals surface area (Å²) in [5.74, 6) is 1.08. The fourth-order valence-corrected chi connectivity index (χ4v) is 4.29. The van der Waals surface area contributed by atoms with Crippen molar-refractivity contribution >= 4 is 17.2 Å². The van der Waals surface area contributed by atoms with Gasteiger partial charge in [-0.05, 0) is 54.8 Å². The van der Waals surface area contributed by atoms with Crippen molar-refractivity contribution in [2.45, 2.75) is 26.3 Å². The van der Waals surface area contributed by atoms with Gasteiger partial charge in [0.05, 0.1) is 4.88 Å². The second kappa shape index (κ2) is 7.48. The van der Waals surface area contributed by atoms with Crippen molar-refractivity contribution in [2.24, 2.45) is 5.92 Å². The van der Waals surface area contributed by atoms with Gasteiger partial charge in [0.15, 0.2) is 5.82 Å². The van der Waals surface area contributed by atoms with Gasteiger partial charge in [-0.1, -0.05) is 0 Å². The van der Waals surface area contributed by atoms with Gasteiger partial charge >= 0.3 is 0 Å². The van der Waals surface area contributed by atoms with Gasteiger partial charge in [0.2, 0.25) is 0 Å². The number of hydrogen-bond donors (Lipinski definition) is 0. The summed E-state index contributed by atoms with van der Waals surface area (Å²) in [5, 5.41) is 10.6. The Kier molecular flexibility index (Phi) is 4.89. The van der Waals surface area contributed by atoms with Gasteiger partial charge in [0.1, 0.15) is 0 Å². The third-order valence-corrected chi connectivity index (χ3v) is 5.99. The van der Waals surface area contributed by atoms with E-state index >= 15 is 0 Å². The van der Waals surface area contributed by atoms with E-state index in [0.717, 1.165) is 23.3 Å². The maximum absolute atomic E-state index is 12.6. The minimum atomic E-state index is -0.112. The number of amides is 1. The van der Waals surface area contributed by atoms with Crippen LogP contribution >= 0.6 is 11.3 Å². The Morgan fingerprint density at radius 2 is 2.07 bits per heavy atom. The Hall–Kier alpha value is -2.74. The highest BCUT2D eigenvalue weighted by Gasteiger charge is 2.25. The van der Waals surface area contributed by atoms with Crippen molar-refractivity contribution in [3.8, 4) is 5.82 Å². The van der Waals surface area contributed by atoms with Gasteiger partial charge in [0.25, 0.3) is 11.5 Å². The molecule has 3 aromatic rings. The first kappa shape index (κ1) is 17.7. The molecule has 0 aliphatic carbocycles. The lowest BCUT2D eigenvalue weighted by Gasteiger charge is -2.32. The van der Waals surface area contributed by atoms with E-state index in [9.17, 15) is 9.59 Å². The number of aromatic nitrogens is 4. The molecule has 27 heavy (non-hydrogen) atoms. The molecular weight excluding hydrogens is 362 g/mol. The molecule has 4 heterocycles. The summed E-state index contributed by atoms with van der Waals surface area (Å²) in [4.78, 5) is 27.6. The first-order valence-corrected chi connectivity index (χ1v) is 9.91. The summed E-state index contributed by atoms with van der Waals surface area (Å²) in [6.07, 6.45) is 5.22. The number of carbonyl (C=O) groups excluding carboxylic acids is 1. The fourth-order valence-electron chi connectivity index (χ4n) is 3.39. The molecule has 1 aliphatic heterocycles. The third-order valence-electron chi connectivity index (χ3n) is 4.98. The summed E-state index contributed by atoms with van der Waals surface area (Å²) in [6.45, 7) is 3.97. The quantitative estimate of drug-likeness (QED) is 0.693. The first-order valence-electron chi connectivity index (χ1n) is 9.03. The predicted molar refractivity (Wildman–Crippen MR) is 103 cm³/mol. The molecule has 1 amide bonds. The lowest BCUT2D eigenvalue weighted by atomic mass is 9.96. The van der Waals surface area contributed by atoms with Crippen molar-refractivity contribution in [1.29, 1.82) is 0 Å². The van der Waals surface area contributed by atoms with Gasteiger partial charge in [0, 0.05) is 38.1 Å².